The average molecular weight is 307 g/mol. The van der Waals surface area contributed by atoms with Crippen molar-refractivity contribution in [1.29, 1.82) is 0 Å². The SMILES string of the molecule is NC(C=Cc1ccc2ccccc2c1)=Nc1ccc(Cl)cc1. The van der Waals surface area contributed by atoms with Gasteiger partial charge in [0.25, 0.3) is 0 Å². The van der Waals surface area contributed by atoms with Crippen LogP contribution in [-0.2, 0) is 0 Å². The largest absolute Gasteiger partial charge is 0.384 e. The van der Waals surface area contributed by atoms with Crippen LogP contribution in [0.25, 0.3) is 16.8 Å². The molecule has 108 valence electrons. The van der Waals surface area contributed by atoms with E-state index in [1.54, 1.807) is 18.2 Å². The fourth-order valence-electron chi connectivity index (χ4n) is 2.20. The van der Waals surface area contributed by atoms with Gasteiger partial charge in [-0.2, -0.15) is 0 Å². The number of hydrogen-bond acceptors (Lipinski definition) is 1. The van der Waals surface area contributed by atoms with Crippen LogP contribution in [0.1, 0.15) is 5.56 Å². The number of nitrogens with two attached hydrogens (primary N) is 1. The second-order valence-corrected chi connectivity index (χ2v) is 5.39. The molecule has 0 aliphatic heterocycles. The molecule has 3 aromatic rings. The number of hydrogen-bond donors (Lipinski definition) is 1. The van der Waals surface area contributed by atoms with Crippen LogP contribution in [0.2, 0.25) is 5.02 Å². The highest BCUT2D eigenvalue weighted by Gasteiger charge is 1.94. The third-order valence-electron chi connectivity index (χ3n) is 3.30. The summed E-state index contributed by atoms with van der Waals surface area (Å²) in [6.45, 7) is 0. The van der Waals surface area contributed by atoms with E-state index < -0.39 is 0 Å². The van der Waals surface area contributed by atoms with E-state index in [0.717, 1.165) is 11.3 Å². The lowest BCUT2D eigenvalue weighted by atomic mass is 10.1. The van der Waals surface area contributed by atoms with Crippen molar-refractivity contribution in [1.82, 2.24) is 0 Å². The Morgan fingerprint density at radius 2 is 1.64 bits per heavy atom. The molecule has 0 aromatic heterocycles. The van der Waals surface area contributed by atoms with E-state index in [0.29, 0.717) is 10.9 Å². The Balaban J connectivity index is 1.80. The molecular weight excluding hydrogens is 292 g/mol. The summed E-state index contributed by atoms with van der Waals surface area (Å²) in [4.78, 5) is 4.33. The molecule has 0 fully saturated rings. The molecule has 0 aliphatic carbocycles. The zero-order valence-corrected chi connectivity index (χ0v) is 12.7. The van der Waals surface area contributed by atoms with Crippen molar-refractivity contribution in [2.75, 3.05) is 0 Å². The van der Waals surface area contributed by atoms with Crippen molar-refractivity contribution in [3.8, 4) is 0 Å². The lowest BCUT2D eigenvalue weighted by Crippen LogP contribution is -2.06. The van der Waals surface area contributed by atoms with Gasteiger partial charge in [0.15, 0.2) is 0 Å². The van der Waals surface area contributed by atoms with E-state index in [9.17, 15) is 0 Å². The molecule has 0 spiro atoms. The normalized spacial score (nSPS) is 12.1. The summed E-state index contributed by atoms with van der Waals surface area (Å²) in [6.07, 6.45) is 3.76. The minimum atomic E-state index is 0.454. The van der Waals surface area contributed by atoms with E-state index in [1.807, 2.05) is 30.3 Å². The van der Waals surface area contributed by atoms with Crippen LogP contribution in [0.15, 0.2) is 77.8 Å². The number of benzene rings is 3. The predicted octanol–water partition coefficient (Wildman–Crippen LogP) is 5.20. The first kappa shape index (κ1) is 14.4. The minimum absolute atomic E-state index is 0.454. The molecule has 2 nitrogen and oxygen atoms in total. The van der Waals surface area contributed by atoms with Crippen molar-refractivity contribution in [3.05, 3.63) is 83.4 Å². The van der Waals surface area contributed by atoms with E-state index in [4.69, 9.17) is 17.3 Å². The van der Waals surface area contributed by atoms with Crippen molar-refractivity contribution in [2.24, 2.45) is 10.7 Å². The number of nitrogens with zero attached hydrogens (tertiary/aromatic N) is 1. The van der Waals surface area contributed by atoms with Gasteiger partial charge in [-0.1, -0.05) is 54.1 Å². The van der Waals surface area contributed by atoms with Crippen LogP contribution in [0.3, 0.4) is 0 Å². The summed E-state index contributed by atoms with van der Waals surface area (Å²) in [5.74, 6) is 0.454. The molecule has 0 radical (unpaired) electrons. The smallest absolute Gasteiger partial charge is 0.124 e. The first-order chi connectivity index (χ1) is 10.7. The maximum absolute atomic E-state index is 5.93. The highest BCUT2D eigenvalue weighted by atomic mass is 35.5. The van der Waals surface area contributed by atoms with E-state index in [2.05, 4.69) is 35.3 Å². The van der Waals surface area contributed by atoms with E-state index in [1.165, 1.54) is 10.8 Å². The Labute approximate surface area is 134 Å². The fourth-order valence-corrected chi connectivity index (χ4v) is 2.32. The Hall–Kier alpha value is -2.58. The van der Waals surface area contributed by atoms with Crippen LogP contribution in [0.4, 0.5) is 5.69 Å². The molecule has 0 atom stereocenters. The standard InChI is InChI=1S/C19H15ClN2/c20-17-8-10-18(11-9-17)22-19(21)12-6-14-5-7-15-3-1-2-4-16(15)13-14/h1-13H,(H2,21,22). The highest BCUT2D eigenvalue weighted by Crippen LogP contribution is 2.18. The molecule has 2 N–H and O–H groups in total. The molecule has 3 aromatic carbocycles. The van der Waals surface area contributed by atoms with Gasteiger partial charge in [-0.05, 0) is 52.7 Å². The number of amidine groups is 1. The zero-order valence-electron chi connectivity index (χ0n) is 11.9. The van der Waals surface area contributed by atoms with Gasteiger partial charge in [0.1, 0.15) is 5.84 Å². The predicted molar refractivity (Wildman–Crippen MR) is 95.7 cm³/mol. The Bertz CT molecular complexity index is 849. The maximum Gasteiger partial charge on any atom is 0.124 e. The second-order valence-electron chi connectivity index (χ2n) is 4.95. The third kappa shape index (κ3) is 3.54. The number of rotatable bonds is 3. The first-order valence-electron chi connectivity index (χ1n) is 6.97. The second kappa shape index (κ2) is 6.46. The molecule has 0 saturated carbocycles. The third-order valence-corrected chi connectivity index (χ3v) is 3.56. The summed E-state index contributed by atoms with van der Waals surface area (Å²) in [7, 11) is 0. The molecule has 22 heavy (non-hydrogen) atoms. The van der Waals surface area contributed by atoms with Gasteiger partial charge in [0.2, 0.25) is 0 Å². The maximum atomic E-state index is 5.93. The lowest BCUT2D eigenvalue weighted by molar-refractivity contribution is 1.48. The highest BCUT2D eigenvalue weighted by molar-refractivity contribution is 6.30. The van der Waals surface area contributed by atoms with Crippen molar-refractivity contribution in [2.45, 2.75) is 0 Å². The Morgan fingerprint density at radius 1 is 0.909 bits per heavy atom. The quantitative estimate of drug-likeness (QED) is 0.524. The monoisotopic (exact) mass is 306 g/mol. The summed E-state index contributed by atoms with van der Waals surface area (Å²) < 4.78 is 0. The zero-order chi connectivity index (χ0) is 15.4. The first-order valence-corrected chi connectivity index (χ1v) is 7.35. The van der Waals surface area contributed by atoms with Crippen molar-refractivity contribution in [3.63, 3.8) is 0 Å². The molecule has 0 amide bonds. The van der Waals surface area contributed by atoms with Crippen LogP contribution in [0, 0.1) is 0 Å². The van der Waals surface area contributed by atoms with Crippen LogP contribution in [0.5, 0.6) is 0 Å². The molecule has 0 heterocycles. The van der Waals surface area contributed by atoms with Gasteiger partial charge >= 0.3 is 0 Å². The van der Waals surface area contributed by atoms with Gasteiger partial charge in [0, 0.05) is 5.02 Å². The molecule has 3 heteroatoms. The van der Waals surface area contributed by atoms with Gasteiger partial charge in [-0.25, -0.2) is 4.99 Å². The van der Waals surface area contributed by atoms with Gasteiger partial charge in [0.05, 0.1) is 5.69 Å². The molecule has 3 rings (SSSR count). The van der Waals surface area contributed by atoms with Gasteiger partial charge < -0.3 is 5.73 Å². The van der Waals surface area contributed by atoms with Crippen LogP contribution >= 0.6 is 11.6 Å². The van der Waals surface area contributed by atoms with E-state index >= 15 is 0 Å². The topological polar surface area (TPSA) is 38.4 Å². The number of halogens is 1. The minimum Gasteiger partial charge on any atom is -0.384 e. The van der Waals surface area contributed by atoms with Crippen molar-refractivity contribution >= 4 is 40.0 Å². The summed E-state index contributed by atoms with van der Waals surface area (Å²) in [6, 6.07) is 21.8. The number of aliphatic imine (C=N–C) groups is 1. The molecular formula is C19H15ClN2. The van der Waals surface area contributed by atoms with Crippen LogP contribution < -0.4 is 5.73 Å². The van der Waals surface area contributed by atoms with Gasteiger partial charge in [-0.3, -0.25) is 0 Å². The Kier molecular flexibility index (Phi) is 4.22. The average Bonchev–Trinajstić information content (AvgIpc) is 2.55. The molecule has 0 bridgehead atoms. The number of fused-ring (bicyclic) bond motifs is 1. The molecule has 0 unspecified atom stereocenters. The van der Waals surface area contributed by atoms with E-state index in [-0.39, 0.29) is 0 Å². The summed E-state index contributed by atoms with van der Waals surface area (Å²) in [5, 5.41) is 3.12. The van der Waals surface area contributed by atoms with Crippen molar-refractivity contribution < 1.29 is 0 Å². The fraction of sp³-hybridized carbons (Fsp3) is 0. The van der Waals surface area contributed by atoms with Gasteiger partial charge in [-0.15, -0.1) is 0 Å². The Morgan fingerprint density at radius 3 is 2.41 bits per heavy atom. The molecule has 0 saturated heterocycles. The van der Waals surface area contributed by atoms with Crippen LogP contribution in [-0.4, -0.2) is 5.84 Å². The molecule has 0 aliphatic rings. The summed E-state index contributed by atoms with van der Waals surface area (Å²) in [5.41, 5.74) is 7.81. The summed E-state index contributed by atoms with van der Waals surface area (Å²) >= 11 is 5.84. The lowest BCUT2D eigenvalue weighted by Gasteiger charge is -1.99.